The van der Waals surface area contributed by atoms with Crippen molar-refractivity contribution in [2.24, 2.45) is 7.05 Å². The van der Waals surface area contributed by atoms with Gasteiger partial charge in [-0.05, 0) is 39.3 Å². The van der Waals surface area contributed by atoms with E-state index < -0.39 is 0 Å². The monoisotopic (exact) mass is 275 g/mol. The molecule has 4 nitrogen and oxygen atoms in total. The molecular formula is C16H25N3O. The number of hydrogen-bond donors (Lipinski definition) is 1. The number of aromatic nitrogens is 2. The van der Waals surface area contributed by atoms with Crippen molar-refractivity contribution in [2.75, 3.05) is 5.32 Å². The molecular weight excluding hydrogens is 250 g/mol. The molecule has 110 valence electrons. The average molecular weight is 275 g/mol. The van der Waals surface area contributed by atoms with Crippen molar-refractivity contribution in [3.8, 4) is 0 Å². The van der Waals surface area contributed by atoms with Gasteiger partial charge in [0.05, 0.1) is 10.9 Å². The molecule has 1 heterocycles. The Hall–Kier alpha value is -1.84. The zero-order valence-corrected chi connectivity index (χ0v) is 13.5. The van der Waals surface area contributed by atoms with Crippen LogP contribution in [-0.2, 0) is 7.05 Å². The van der Waals surface area contributed by atoms with E-state index >= 15 is 0 Å². The first-order valence-electron chi connectivity index (χ1n) is 7.04. The van der Waals surface area contributed by atoms with Gasteiger partial charge in [-0.15, -0.1) is 0 Å². The van der Waals surface area contributed by atoms with E-state index in [1.54, 1.807) is 11.6 Å². The Labute approximate surface area is 120 Å². The smallest absolute Gasteiger partial charge is 0.262 e. The maximum Gasteiger partial charge on any atom is 0.262 e. The van der Waals surface area contributed by atoms with Crippen molar-refractivity contribution >= 4 is 16.9 Å². The number of aryl methyl sites for hydroxylation is 1. The van der Waals surface area contributed by atoms with Gasteiger partial charge in [-0.25, -0.2) is 4.98 Å². The maximum atomic E-state index is 12.3. The third kappa shape index (κ3) is 3.38. The van der Waals surface area contributed by atoms with E-state index in [-0.39, 0.29) is 11.1 Å². The number of para-hydroxylation sites is 1. The predicted octanol–water partition coefficient (Wildman–Crippen LogP) is 3.48. The molecule has 0 spiro atoms. The molecule has 0 saturated carbocycles. The number of nitrogens with zero attached hydrogens (tertiary/aromatic N) is 2. The van der Waals surface area contributed by atoms with Crippen molar-refractivity contribution in [2.45, 2.75) is 47.1 Å². The van der Waals surface area contributed by atoms with Gasteiger partial charge in [-0.3, -0.25) is 9.36 Å². The first-order chi connectivity index (χ1) is 9.29. The lowest BCUT2D eigenvalue weighted by molar-refractivity contribution is 0.615. The van der Waals surface area contributed by atoms with Gasteiger partial charge in [0, 0.05) is 12.6 Å². The largest absolute Gasteiger partial charge is 0.351 e. The SMILES string of the molecule is CC.Cc1cccc2c(=O)n(C)c(NC(C)(C)C)nc12. The minimum absolute atomic E-state index is 0.0181. The zero-order valence-electron chi connectivity index (χ0n) is 13.5. The second-order valence-electron chi connectivity index (χ2n) is 5.65. The van der Waals surface area contributed by atoms with Gasteiger partial charge in [0.2, 0.25) is 5.95 Å². The average Bonchev–Trinajstić information content (AvgIpc) is 2.38. The molecule has 0 aliphatic carbocycles. The molecule has 0 amide bonds. The summed E-state index contributed by atoms with van der Waals surface area (Å²) in [5.41, 5.74) is 1.64. The lowest BCUT2D eigenvalue weighted by Crippen LogP contribution is -2.32. The third-order valence-electron chi connectivity index (χ3n) is 2.80. The van der Waals surface area contributed by atoms with Gasteiger partial charge >= 0.3 is 0 Å². The fourth-order valence-corrected chi connectivity index (χ4v) is 1.88. The number of rotatable bonds is 1. The molecule has 20 heavy (non-hydrogen) atoms. The molecule has 0 aliphatic heterocycles. The summed E-state index contributed by atoms with van der Waals surface area (Å²) in [6.07, 6.45) is 0. The van der Waals surface area contributed by atoms with Gasteiger partial charge in [0.1, 0.15) is 0 Å². The third-order valence-corrected chi connectivity index (χ3v) is 2.80. The van der Waals surface area contributed by atoms with Crippen molar-refractivity contribution < 1.29 is 0 Å². The van der Waals surface area contributed by atoms with Crippen molar-refractivity contribution in [1.82, 2.24) is 9.55 Å². The molecule has 1 aromatic carbocycles. The Kier molecular flexibility index (Phi) is 4.93. The Balaban J connectivity index is 0.000000956. The molecule has 0 bridgehead atoms. The molecule has 2 aromatic rings. The molecule has 0 fully saturated rings. The van der Waals surface area contributed by atoms with E-state index in [0.717, 1.165) is 11.1 Å². The quantitative estimate of drug-likeness (QED) is 0.866. The van der Waals surface area contributed by atoms with Crippen LogP contribution in [0.4, 0.5) is 5.95 Å². The van der Waals surface area contributed by atoms with Crippen LogP contribution in [0.3, 0.4) is 0 Å². The van der Waals surface area contributed by atoms with Gasteiger partial charge in [-0.2, -0.15) is 0 Å². The first-order valence-corrected chi connectivity index (χ1v) is 7.04. The number of fused-ring (bicyclic) bond motifs is 1. The summed E-state index contributed by atoms with van der Waals surface area (Å²) in [5.74, 6) is 0.606. The molecule has 1 aromatic heterocycles. The van der Waals surface area contributed by atoms with E-state index in [0.29, 0.717) is 11.3 Å². The molecule has 2 rings (SSSR count). The van der Waals surface area contributed by atoms with E-state index in [2.05, 4.69) is 10.3 Å². The second kappa shape index (κ2) is 6.07. The van der Waals surface area contributed by atoms with Crippen LogP contribution in [-0.4, -0.2) is 15.1 Å². The van der Waals surface area contributed by atoms with E-state index in [1.165, 1.54) is 0 Å². The minimum Gasteiger partial charge on any atom is -0.351 e. The van der Waals surface area contributed by atoms with Gasteiger partial charge in [0.15, 0.2) is 0 Å². The van der Waals surface area contributed by atoms with Gasteiger partial charge < -0.3 is 5.32 Å². The summed E-state index contributed by atoms with van der Waals surface area (Å²) in [6.45, 7) is 12.1. The van der Waals surface area contributed by atoms with Crippen molar-refractivity contribution in [1.29, 1.82) is 0 Å². The summed E-state index contributed by atoms with van der Waals surface area (Å²) in [4.78, 5) is 16.8. The van der Waals surface area contributed by atoms with E-state index in [4.69, 9.17) is 0 Å². The molecule has 4 heteroatoms. The van der Waals surface area contributed by atoms with Crippen LogP contribution in [0.25, 0.3) is 10.9 Å². The molecule has 1 N–H and O–H groups in total. The minimum atomic E-state index is -0.131. The fraction of sp³-hybridized carbons (Fsp3) is 0.500. The van der Waals surface area contributed by atoms with Crippen molar-refractivity contribution in [3.05, 3.63) is 34.1 Å². The highest BCUT2D eigenvalue weighted by atomic mass is 16.1. The highest BCUT2D eigenvalue weighted by Crippen LogP contribution is 2.17. The summed E-state index contributed by atoms with van der Waals surface area (Å²) >= 11 is 0. The van der Waals surface area contributed by atoms with Crippen LogP contribution in [0.5, 0.6) is 0 Å². The lowest BCUT2D eigenvalue weighted by Gasteiger charge is -2.23. The summed E-state index contributed by atoms with van der Waals surface area (Å²) in [5, 5.41) is 3.93. The van der Waals surface area contributed by atoms with Crippen LogP contribution < -0.4 is 10.9 Å². The number of hydrogen-bond acceptors (Lipinski definition) is 3. The first kappa shape index (κ1) is 16.2. The number of anilines is 1. The lowest BCUT2D eigenvalue weighted by atomic mass is 10.1. The summed E-state index contributed by atoms with van der Waals surface area (Å²) in [7, 11) is 1.74. The Morgan fingerprint density at radius 3 is 2.35 bits per heavy atom. The summed E-state index contributed by atoms with van der Waals surface area (Å²) < 4.78 is 1.56. The van der Waals surface area contributed by atoms with Crippen LogP contribution in [0.1, 0.15) is 40.2 Å². The van der Waals surface area contributed by atoms with E-state index in [9.17, 15) is 4.79 Å². The van der Waals surface area contributed by atoms with E-state index in [1.807, 2.05) is 59.7 Å². The Morgan fingerprint density at radius 1 is 1.20 bits per heavy atom. The molecule has 0 radical (unpaired) electrons. The molecule has 0 atom stereocenters. The number of benzene rings is 1. The van der Waals surface area contributed by atoms with Gasteiger partial charge in [-0.1, -0.05) is 26.0 Å². The van der Waals surface area contributed by atoms with Crippen LogP contribution >= 0.6 is 0 Å². The van der Waals surface area contributed by atoms with Gasteiger partial charge in [0.25, 0.3) is 5.56 Å². The van der Waals surface area contributed by atoms with Crippen LogP contribution in [0, 0.1) is 6.92 Å². The maximum absolute atomic E-state index is 12.3. The topological polar surface area (TPSA) is 46.9 Å². The number of nitrogens with one attached hydrogen (secondary N) is 1. The van der Waals surface area contributed by atoms with Crippen LogP contribution in [0.2, 0.25) is 0 Å². The molecule has 0 aliphatic rings. The standard InChI is InChI=1S/C14H19N3O.C2H6/c1-9-7-6-8-10-11(9)15-13(16-14(2,3)4)17(5)12(10)18;1-2/h6-8H,1-5H3,(H,15,16);1-2H3. The molecule has 0 unspecified atom stereocenters. The summed E-state index contributed by atoms with van der Waals surface area (Å²) in [6, 6.07) is 5.67. The van der Waals surface area contributed by atoms with Crippen molar-refractivity contribution in [3.63, 3.8) is 0 Å². The van der Waals surface area contributed by atoms with Crippen LogP contribution in [0.15, 0.2) is 23.0 Å². The fourth-order valence-electron chi connectivity index (χ4n) is 1.88. The zero-order chi connectivity index (χ0) is 15.5. The normalized spacial score (nSPS) is 10.9. The Morgan fingerprint density at radius 2 is 1.80 bits per heavy atom. The molecule has 0 saturated heterocycles. The predicted molar refractivity (Wildman–Crippen MR) is 86.4 cm³/mol. The highest BCUT2D eigenvalue weighted by molar-refractivity contribution is 5.81. The second-order valence-corrected chi connectivity index (χ2v) is 5.65. The highest BCUT2D eigenvalue weighted by Gasteiger charge is 2.15. The Bertz CT molecular complexity index is 651.